The number of benzene rings is 1. The lowest BCUT2D eigenvalue weighted by Crippen LogP contribution is -2.24. The number of nitrogens with zero attached hydrogens (tertiary/aromatic N) is 4. The monoisotopic (exact) mass is 339 g/mol. The molecular weight excluding hydrogens is 321 g/mol. The number of aromatic nitrogens is 4. The van der Waals surface area contributed by atoms with E-state index < -0.39 is 0 Å². The van der Waals surface area contributed by atoms with Crippen molar-refractivity contribution in [3.8, 4) is 0 Å². The van der Waals surface area contributed by atoms with Crippen LogP contribution in [0.2, 0.25) is 0 Å². The van der Waals surface area contributed by atoms with E-state index in [2.05, 4.69) is 29.2 Å². The molecule has 0 saturated heterocycles. The summed E-state index contributed by atoms with van der Waals surface area (Å²) >= 11 is 0. The topological polar surface area (TPSA) is 64.7 Å². The Kier molecular flexibility index (Phi) is 3.63. The van der Waals surface area contributed by atoms with Crippen LogP contribution in [0.3, 0.4) is 0 Å². The molecule has 0 amide bonds. The molecule has 0 spiro atoms. The van der Waals surface area contributed by atoms with E-state index in [9.17, 15) is 9.18 Å². The summed E-state index contributed by atoms with van der Waals surface area (Å²) in [4.78, 5) is 16.5. The predicted molar refractivity (Wildman–Crippen MR) is 94.9 cm³/mol. The van der Waals surface area contributed by atoms with E-state index in [1.165, 1.54) is 18.3 Å². The molecule has 1 aliphatic rings. The minimum atomic E-state index is -0.316. The van der Waals surface area contributed by atoms with Gasteiger partial charge in [0.15, 0.2) is 5.65 Å². The molecule has 0 fully saturated rings. The molecule has 1 N–H and O–H groups in total. The fraction of sp³-hybridized carbons (Fsp3) is 0.278. The lowest BCUT2D eigenvalue weighted by Gasteiger charge is -2.21. The average molecular weight is 339 g/mol. The molecule has 0 aliphatic carbocycles. The Morgan fingerprint density at radius 1 is 1.36 bits per heavy atom. The molecule has 4 rings (SSSR count). The van der Waals surface area contributed by atoms with Crippen molar-refractivity contribution in [1.29, 1.82) is 0 Å². The van der Waals surface area contributed by atoms with Crippen molar-refractivity contribution >= 4 is 22.7 Å². The van der Waals surface area contributed by atoms with Crippen molar-refractivity contribution in [3.63, 3.8) is 0 Å². The zero-order valence-corrected chi connectivity index (χ0v) is 14.0. The Morgan fingerprint density at radius 3 is 2.96 bits per heavy atom. The number of anilines is 1. The molecule has 3 heterocycles. The average Bonchev–Trinajstić information content (AvgIpc) is 3.03. The first-order chi connectivity index (χ1) is 12.0. The van der Waals surface area contributed by atoms with Crippen LogP contribution in [0.5, 0.6) is 0 Å². The van der Waals surface area contributed by atoms with Gasteiger partial charge in [-0.3, -0.25) is 9.36 Å². The summed E-state index contributed by atoms with van der Waals surface area (Å²) < 4.78 is 17.2. The number of halogens is 1. The Bertz CT molecular complexity index is 1050. The lowest BCUT2D eigenvalue weighted by molar-refractivity contribution is 0.627. The van der Waals surface area contributed by atoms with Crippen molar-refractivity contribution in [2.24, 2.45) is 5.92 Å². The van der Waals surface area contributed by atoms with Crippen molar-refractivity contribution in [2.45, 2.75) is 20.4 Å². The smallest absolute Gasteiger partial charge is 0.285 e. The zero-order valence-electron chi connectivity index (χ0n) is 14.0. The molecule has 2 aromatic heterocycles. The largest absolute Gasteiger partial charge is 0.355 e. The highest BCUT2D eigenvalue weighted by atomic mass is 19.1. The van der Waals surface area contributed by atoms with E-state index in [0.29, 0.717) is 36.0 Å². The quantitative estimate of drug-likeness (QED) is 0.794. The summed E-state index contributed by atoms with van der Waals surface area (Å²) in [7, 11) is 0. The van der Waals surface area contributed by atoms with Crippen LogP contribution in [0.25, 0.3) is 16.7 Å². The normalized spacial score (nSPS) is 13.4. The first-order valence-corrected chi connectivity index (χ1v) is 8.23. The third-order valence-corrected chi connectivity index (χ3v) is 4.18. The summed E-state index contributed by atoms with van der Waals surface area (Å²) in [5.74, 6) is 0.647. The van der Waals surface area contributed by atoms with Crippen LogP contribution < -0.4 is 10.9 Å². The zero-order chi connectivity index (χ0) is 17.6. The van der Waals surface area contributed by atoms with E-state index in [-0.39, 0.29) is 11.4 Å². The standard InChI is InChI=1S/C18H18FN5O/c1-11(2)9-20-18-22-16(25)14-10-21-24-15(6-7-23(18)17(14)24)12-4-3-5-13(19)8-12/h3-6,8,10-11H,7,9H2,1-2H3,(H,20,22,25). The van der Waals surface area contributed by atoms with Crippen LogP contribution >= 0.6 is 0 Å². The Balaban J connectivity index is 1.87. The first kappa shape index (κ1) is 15.6. The molecular formula is C18H18FN5O. The van der Waals surface area contributed by atoms with Crippen LogP contribution in [0.4, 0.5) is 10.3 Å². The van der Waals surface area contributed by atoms with Crippen molar-refractivity contribution in [2.75, 3.05) is 11.9 Å². The lowest BCUT2D eigenvalue weighted by atomic mass is 10.1. The number of hydrogen-bond donors (Lipinski definition) is 1. The van der Waals surface area contributed by atoms with E-state index >= 15 is 0 Å². The molecule has 0 atom stereocenters. The second-order valence-corrected chi connectivity index (χ2v) is 6.52. The third kappa shape index (κ3) is 2.61. The predicted octanol–water partition coefficient (Wildman–Crippen LogP) is 2.70. The van der Waals surface area contributed by atoms with Gasteiger partial charge in [0.2, 0.25) is 5.95 Å². The summed E-state index contributed by atoms with van der Waals surface area (Å²) in [6.45, 7) is 5.42. The summed E-state index contributed by atoms with van der Waals surface area (Å²) in [5.41, 5.74) is 1.84. The molecule has 1 aliphatic heterocycles. The van der Waals surface area contributed by atoms with Crippen LogP contribution in [-0.4, -0.2) is 25.9 Å². The number of allylic oxidation sites excluding steroid dienone is 1. The molecule has 6 nitrogen and oxygen atoms in total. The summed E-state index contributed by atoms with van der Waals surface area (Å²) in [5, 5.41) is 8.04. The van der Waals surface area contributed by atoms with Crippen molar-refractivity contribution < 1.29 is 4.39 Å². The summed E-state index contributed by atoms with van der Waals surface area (Å²) in [6.07, 6.45) is 3.48. The van der Waals surface area contributed by atoms with Crippen molar-refractivity contribution in [1.82, 2.24) is 19.3 Å². The maximum Gasteiger partial charge on any atom is 0.285 e. The molecule has 0 unspecified atom stereocenters. The maximum absolute atomic E-state index is 13.6. The van der Waals surface area contributed by atoms with Gasteiger partial charge in [-0.2, -0.15) is 10.1 Å². The van der Waals surface area contributed by atoms with Gasteiger partial charge in [0.1, 0.15) is 11.2 Å². The Morgan fingerprint density at radius 2 is 2.20 bits per heavy atom. The highest BCUT2D eigenvalue weighted by Gasteiger charge is 2.21. The Labute approximate surface area is 143 Å². The number of rotatable bonds is 4. The van der Waals surface area contributed by atoms with Gasteiger partial charge < -0.3 is 5.32 Å². The van der Waals surface area contributed by atoms with E-state index in [0.717, 1.165) is 11.3 Å². The number of nitrogens with one attached hydrogen (secondary N) is 1. The third-order valence-electron chi connectivity index (χ3n) is 4.18. The van der Waals surface area contributed by atoms with Gasteiger partial charge in [-0.05, 0) is 24.1 Å². The molecule has 0 bridgehead atoms. The Hall–Kier alpha value is -2.96. The van der Waals surface area contributed by atoms with Gasteiger partial charge >= 0.3 is 0 Å². The van der Waals surface area contributed by atoms with Crippen LogP contribution in [0, 0.1) is 11.7 Å². The molecule has 128 valence electrons. The van der Waals surface area contributed by atoms with Crippen LogP contribution in [0.15, 0.2) is 41.3 Å². The van der Waals surface area contributed by atoms with Gasteiger partial charge in [-0.1, -0.05) is 26.0 Å². The fourth-order valence-electron chi connectivity index (χ4n) is 3.00. The molecule has 1 aromatic carbocycles. The molecule has 7 heteroatoms. The first-order valence-electron chi connectivity index (χ1n) is 8.23. The molecule has 25 heavy (non-hydrogen) atoms. The van der Waals surface area contributed by atoms with Gasteiger partial charge in [0.25, 0.3) is 5.56 Å². The van der Waals surface area contributed by atoms with Crippen molar-refractivity contribution in [3.05, 3.63) is 58.3 Å². The maximum atomic E-state index is 13.6. The summed E-state index contributed by atoms with van der Waals surface area (Å²) in [6, 6.07) is 6.36. The van der Waals surface area contributed by atoms with E-state index in [1.54, 1.807) is 10.7 Å². The highest BCUT2D eigenvalue weighted by Crippen LogP contribution is 2.27. The second-order valence-electron chi connectivity index (χ2n) is 6.52. The van der Waals surface area contributed by atoms with Gasteiger partial charge in [-0.25, -0.2) is 9.07 Å². The minimum absolute atomic E-state index is 0.307. The van der Waals surface area contributed by atoms with Crippen LogP contribution in [0.1, 0.15) is 19.4 Å². The molecule has 0 saturated carbocycles. The van der Waals surface area contributed by atoms with Gasteiger partial charge in [0, 0.05) is 18.7 Å². The van der Waals surface area contributed by atoms with Gasteiger partial charge in [-0.15, -0.1) is 0 Å². The highest BCUT2D eigenvalue weighted by molar-refractivity contribution is 5.83. The van der Waals surface area contributed by atoms with E-state index in [1.807, 2.05) is 16.7 Å². The molecule has 3 aromatic rings. The van der Waals surface area contributed by atoms with E-state index in [4.69, 9.17) is 0 Å². The number of hydrogen-bond acceptors (Lipinski definition) is 4. The minimum Gasteiger partial charge on any atom is -0.355 e. The SMILES string of the molecule is CC(C)CNc1nc(=O)c2cnn3c2n1CC=C3c1cccc(F)c1. The molecule has 0 radical (unpaired) electrons. The fourth-order valence-corrected chi connectivity index (χ4v) is 3.00. The van der Waals surface area contributed by atoms with Crippen LogP contribution in [-0.2, 0) is 6.54 Å². The second kappa shape index (κ2) is 5.84. The van der Waals surface area contributed by atoms with Gasteiger partial charge in [0.05, 0.1) is 11.9 Å².